The Hall–Kier alpha value is -3.20. The highest BCUT2D eigenvalue weighted by Crippen LogP contribution is 2.39. The van der Waals surface area contributed by atoms with Gasteiger partial charge >= 0.3 is 0 Å². The second-order valence-electron chi connectivity index (χ2n) is 7.86. The molecule has 1 amide bonds. The van der Waals surface area contributed by atoms with Crippen LogP contribution in [0.3, 0.4) is 0 Å². The van der Waals surface area contributed by atoms with Gasteiger partial charge in [-0.3, -0.25) is 4.79 Å². The van der Waals surface area contributed by atoms with Gasteiger partial charge in [-0.1, -0.05) is 17.7 Å². The second-order valence-corrected chi connectivity index (χ2v) is 8.25. The number of nitrogens with zero attached hydrogens (tertiary/aromatic N) is 7. The molecule has 152 valence electrons. The minimum absolute atomic E-state index is 0.168. The summed E-state index contributed by atoms with van der Waals surface area (Å²) in [6.45, 7) is 0.534. The van der Waals surface area contributed by atoms with Crippen LogP contribution in [-0.4, -0.2) is 51.7 Å². The molecular formula is C20H19ClN8O. The molecule has 0 radical (unpaired) electrons. The Morgan fingerprint density at radius 3 is 2.93 bits per heavy atom. The van der Waals surface area contributed by atoms with Gasteiger partial charge in [-0.2, -0.15) is 10.2 Å². The van der Waals surface area contributed by atoms with E-state index in [0.717, 1.165) is 35.6 Å². The van der Waals surface area contributed by atoms with E-state index in [4.69, 9.17) is 16.7 Å². The lowest BCUT2D eigenvalue weighted by molar-refractivity contribution is 0.0669. The highest BCUT2D eigenvalue weighted by Gasteiger charge is 2.38. The monoisotopic (exact) mass is 422 g/mol. The number of rotatable bonds is 3. The van der Waals surface area contributed by atoms with E-state index in [2.05, 4.69) is 20.1 Å². The third-order valence-electron chi connectivity index (χ3n) is 5.84. The summed E-state index contributed by atoms with van der Waals surface area (Å²) in [7, 11) is 1.77. The van der Waals surface area contributed by atoms with Crippen molar-refractivity contribution in [2.75, 3.05) is 6.54 Å². The Balaban J connectivity index is 1.45. The van der Waals surface area contributed by atoms with Crippen molar-refractivity contribution in [1.29, 1.82) is 0 Å². The molecule has 10 heteroatoms. The van der Waals surface area contributed by atoms with Crippen LogP contribution in [0.2, 0.25) is 5.15 Å². The number of imidazole rings is 1. The quantitative estimate of drug-likeness (QED) is 0.511. The molecule has 1 fully saturated rings. The number of carbonyl (C=O) groups excluding carboxylic acids is 1. The Morgan fingerprint density at radius 1 is 1.27 bits per heavy atom. The predicted molar refractivity (Wildman–Crippen MR) is 108 cm³/mol. The SMILES string of the molecule is Cn1nc(C2CC2)nc1C(=O)N1CCc2[nH]cnc2C1c1cc2cccc(Cl)n2n1. The largest absolute Gasteiger partial charge is 0.348 e. The minimum Gasteiger partial charge on any atom is -0.348 e. The maximum absolute atomic E-state index is 13.6. The van der Waals surface area contributed by atoms with E-state index in [9.17, 15) is 4.79 Å². The highest BCUT2D eigenvalue weighted by molar-refractivity contribution is 6.29. The number of hydrogen-bond donors (Lipinski definition) is 1. The van der Waals surface area contributed by atoms with Gasteiger partial charge in [0.05, 0.1) is 23.2 Å². The lowest BCUT2D eigenvalue weighted by atomic mass is 9.99. The molecule has 5 heterocycles. The van der Waals surface area contributed by atoms with Gasteiger partial charge in [0.25, 0.3) is 5.91 Å². The highest BCUT2D eigenvalue weighted by atomic mass is 35.5. The fraction of sp³-hybridized carbons (Fsp3) is 0.350. The van der Waals surface area contributed by atoms with E-state index in [-0.39, 0.29) is 5.91 Å². The first-order valence-corrected chi connectivity index (χ1v) is 10.4. The predicted octanol–water partition coefficient (Wildman–Crippen LogP) is 2.50. The average molecular weight is 423 g/mol. The summed E-state index contributed by atoms with van der Waals surface area (Å²) >= 11 is 6.32. The maximum atomic E-state index is 13.6. The lowest BCUT2D eigenvalue weighted by Gasteiger charge is -2.33. The molecule has 0 saturated heterocycles. The number of hydrogen-bond acceptors (Lipinski definition) is 5. The van der Waals surface area contributed by atoms with Crippen molar-refractivity contribution in [3.8, 4) is 0 Å². The molecule has 0 bridgehead atoms. The maximum Gasteiger partial charge on any atom is 0.292 e. The van der Waals surface area contributed by atoms with Crippen molar-refractivity contribution in [3.05, 3.63) is 64.5 Å². The van der Waals surface area contributed by atoms with Gasteiger partial charge in [-0.15, -0.1) is 0 Å². The lowest BCUT2D eigenvalue weighted by Crippen LogP contribution is -2.42. The normalized spacial score (nSPS) is 18.7. The van der Waals surface area contributed by atoms with Crippen LogP contribution in [0.4, 0.5) is 0 Å². The van der Waals surface area contributed by atoms with Gasteiger partial charge in [0.15, 0.2) is 5.82 Å². The molecule has 1 unspecified atom stereocenters. The zero-order chi connectivity index (χ0) is 20.4. The smallest absolute Gasteiger partial charge is 0.292 e. The zero-order valence-electron chi connectivity index (χ0n) is 16.3. The topological polar surface area (TPSA) is 97.0 Å². The van der Waals surface area contributed by atoms with Crippen molar-refractivity contribution in [3.63, 3.8) is 0 Å². The number of carbonyl (C=O) groups is 1. The van der Waals surface area contributed by atoms with Gasteiger partial charge in [0, 0.05) is 31.6 Å². The Bertz CT molecular complexity index is 1280. The van der Waals surface area contributed by atoms with Gasteiger partial charge in [0.2, 0.25) is 5.82 Å². The summed E-state index contributed by atoms with van der Waals surface area (Å²) in [6.07, 6.45) is 4.53. The van der Waals surface area contributed by atoms with Crippen LogP contribution in [-0.2, 0) is 13.5 Å². The Morgan fingerprint density at radius 2 is 2.13 bits per heavy atom. The number of pyridine rings is 1. The molecular weight excluding hydrogens is 404 g/mol. The van der Waals surface area contributed by atoms with Crippen LogP contribution in [0.15, 0.2) is 30.6 Å². The van der Waals surface area contributed by atoms with Crippen LogP contribution in [0.5, 0.6) is 0 Å². The van der Waals surface area contributed by atoms with Gasteiger partial charge < -0.3 is 9.88 Å². The molecule has 6 rings (SSSR count). The van der Waals surface area contributed by atoms with Crippen LogP contribution in [0.1, 0.15) is 58.3 Å². The van der Waals surface area contributed by atoms with E-state index >= 15 is 0 Å². The van der Waals surface area contributed by atoms with E-state index in [1.807, 2.05) is 18.2 Å². The summed E-state index contributed by atoms with van der Waals surface area (Å²) in [5, 5.41) is 9.68. The summed E-state index contributed by atoms with van der Waals surface area (Å²) in [4.78, 5) is 27.7. The van der Waals surface area contributed by atoms with E-state index < -0.39 is 6.04 Å². The fourth-order valence-corrected chi connectivity index (χ4v) is 4.37. The molecule has 2 aliphatic rings. The van der Waals surface area contributed by atoms with E-state index in [0.29, 0.717) is 35.6 Å². The summed E-state index contributed by atoms with van der Waals surface area (Å²) in [6, 6.07) is 7.13. The molecule has 0 spiro atoms. The number of H-pyrrole nitrogens is 1. The third-order valence-corrected chi connectivity index (χ3v) is 6.12. The first-order valence-electron chi connectivity index (χ1n) is 9.98. The minimum atomic E-state index is -0.426. The Kier molecular flexibility index (Phi) is 3.76. The van der Waals surface area contributed by atoms with Gasteiger partial charge in [-0.05, 0) is 31.0 Å². The van der Waals surface area contributed by atoms with Gasteiger partial charge in [0.1, 0.15) is 11.2 Å². The van der Waals surface area contributed by atoms with Crippen LogP contribution in [0, 0.1) is 0 Å². The first kappa shape index (κ1) is 17.6. The molecule has 1 N–H and O–H groups in total. The van der Waals surface area contributed by atoms with Crippen molar-refractivity contribution in [2.24, 2.45) is 7.05 Å². The van der Waals surface area contributed by atoms with Crippen LogP contribution in [0.25, 0.3) is 5.52 Å². The number of aromatic nitrogens is 7. The number of amides is 1. The molecule has 30 heavy (non-hydrogen) atoms. The molecule has 4 aromatic heterocycles. The molecule has 1 atom stereocenters. The van der Waals surface area contributed by atoms with Crippen molar-refractivity contribution >= 4 is 23.0 Å². The first-order chi connectivity index (χ1) is 14.6. The van der Waals surface area contributed by atoms with Crippen LogP contribution < -0.4 is 0 Å². The van der Waals surface area contributed by atoms with E-state index in [1.165, 1.54) is 0 Å². The summed E-state index contributed by atoms with van der Waals surface area (Å²) < 4.78 is 3.27. The Labute approximate surface area is 176 Å². The standard InChI is InChI=1S/C20H19ClN8O/c1-27-19(24-18(26-27)11-5-6-11)20(30)28-8-7-13-16(23-10-22-13)17(28)14-9-12-3-2-4-15(21)29(12)25-14/h2-4,9-11,17H,5-8H2,1H3,(H,22,23). The van der Waals surface area contributed by atoms with Crippen LogP contribution >= 0.6 is 11.6 Å². The molecule has 1 aliphatic carbocycles. The van der Waals surface area contributed by atoms with E-state index in [1.54, 1.807) is 33.5 Å². The van der Waals surface area contributed by atoms with Crippen molar-refractivity contribution in [2.45, 2.75) is 31.2 Å². The molecule has 0 aromatic carbocycles. The molecule has 1 saturated carbocycles. The summed E-state index contributed by atoms with van der Waals surface area (Å²) in [5.41, 5.74) is 3.40. The molecule has 9 nitrogen and oxygen atoms in total. The van der Waals surface area contributed by atoms with Crippen molar-refractivity contribution < 1.29 is 4.79 Å². The number of fused-ring (bicyclic) bond motifs is 2. The molecule has 4 aromatic rings. The fourth-order valence-electron chi connectivity index (χ4n) is 4.16. The number of nitrogens with one attached hydrogen (secondary N) is 1. The molecule has 1 aliphatic heterocycles. The summed E-state index contributed by atoms with van der Waals surface area (Å²) in [5.74, 6) is 1.32. The van der Waals surface area contributed by atoms with Crippen molar-refractivity contribution in [1.82, 2.24) is 39.2 Å². The van der Waals surface area contributed by atoms with Gasteiger partial charge in [-0.25, -0.2) is 19.2 Å². The number of halogens is 1. The number of aryl methyl sites for hydroxylation is 1. The number of aromatic amines is 1. The zero-order valence-corrected chi connectivity index (χ0v) is 17.0. The average Bonchev–Trinajstić information content (AvgIpc) is 3.14. The third kappa shape index (κ3) is 2.65. The second kappa shape index (κ2) is 6.40.